The second-order valence-electron chi connectivity index (χ2n) is 4.38. The number of anilines is 2. The minimum Gasteiger partial charge on any atom is -0.383 e. The Balaban J connectivity index is 2.09. The molecular weight excluding hydrogens is 188 g/mol. The molecule has 4 heteroatoms. The fourth-order valence-corrected chi connectivity index (χ4v) is 1.99. The molecule has 0 amide bonds. The zero-order valence-corrected chi connectivity index (χ0v) is 9.40. The van der Waals surface area contributed by atoms with E-state index in [-0.39, 0.29) is 0 Å². The molecule has 0 atom stereocenters. The van der Waals surface area contributed by atoms with E-state index in [0.29, 0.717) is 5.82 Å². The predicted molar refractivity (Wildman–Crippen MR) is 61.8 cm³/mol. The van der Waals surface area contributed by atoms with Crippen LogP contribution in [0.4, 0.5) is 11.6 Å². The van der Waals surface area contributed by atoms with Gasteiger partial charge in [0.25, 0.3) is 0 Å². The molecule has 1 aliphatic rings. The second-order valence-corrected chi connectivity index (χ2v) is 4.38. The van der Waals surface area contributed by atoms with Crippen molar-refractivity contribution in [1.82, 2.24) is 9.97 Å². The Kier molecular flexibility index (Phi) is 2.75. The van der Waals surface area contributed by atoms with Crippen LogP contribution in [-0.2, 0) is 0 Å². The molecule has 82 valence electrons. The van der Waals surface area contributed by atoms with Gasteiger partial charge in [-0.25, -0.2) is 9.97 Å². The highest BCUT2D eigenvalue weighted by Gasteiger charge is 2.20. The zero-order chi connectivity index (χ0) is 10.8. The summed E-state index contributed by atoms with van der Waals surface area (Å²) in [6, 6.07) is 0. The SMILES string of the molecule is Cc1c(N)ncnc1N(C)CC1CCC1. The highest BCUT2D eigenvalue weighted by atomic mass is 15.2. The summed E-state index contributed by atoms with van der Waals surface area (Å²) in [5.41, 5.74) is 6.74. The van der Waals surface area contributed by atoms with E-state index in [2.05, 4.69) is 21.9 Å². The van der Waals surface area contributed by atoms with Crippen LogP contribution in [0, 0.1) is 12.8 Å². The Morgan fingerprint density at radius 1 is 1.47 bits per heavy atom. The van der Waals surface area contributed by atoms with Crippen molar-refractivity contribution >= 4 is 11.6 Å². The maximum atomic E-state index is 5.76. The molecule has 0 aliphatic heterocycles. The van der Waals surface area contributed by atoms with Gasteiger partial charge in [-0.1, -0.05) is 6.42 Å². The molecule has 1 heterocycles. The van der Waals surface area contributed by atoms with Gasteiger partial charge in [0.05, 0.1) is 0 Å². The minimum absolute atomic E-state index is 0.584. The number of nitrogen functional groups attached to an aromatic ring is 1. The summed E-state index contributed by atoms with van der Waals surface area (Å²) in [6.45, 7) is 3.05. The largest absolute Gasteiger partial charge is 0.383 e. The van der Waals surface area contributed by atoms with Crippen molar-refractivity contribution in [2.24, 2.45) is 5.92 Å². The zero-order valence-electron chi connectivity index (χ0n) is 9.40. The first-order valence-electron chi connectivity index (χ1n) is 5.46. The highest BCUT2D eigenvalue weighted by molar-refractivity contribution is 5.55. The predicted octanol–water partition coefficient (Wildman–Crippen LogP) is 1.60. The van der Waals surface area contributed by atoms with Crippen LogP contribution in [0.1, 0.15) is 24.8 Å². The van der Waals surface area contributed by atoms with E-state index < -0.39 is 0 Å². The molecule has 0 radical (unpaired) electrons. The number of hydrogen-bond acceptors (Lipinski definition) is 4. The molecule has 0 bridgehead atoms. The van der Waals surface area contributed by atoms with Crippen LogP contribution in [0.5, 0.6) is 0 Å². The van der Waals surface area contributed by atoms with Crippen molar-refractivity contribution in [1.29, 1.82) is 0 Å². The Hall–Kier alpha value is -1.32. The molecule has 2 N–H and O–H groups in total. The van der Waals surface area contributed by atoms with Gasteiger partial charge >= 0.3 is 0 Å². The Bertz CT molecular complexity index is 346. The molecule has 0 spiro atoms. The van der Waals surface area contributed by atoms with Gasteiger partial charge < -0.3 is 10.6 Å². The normalized spacial score (nSPS) is 16.1. The number of hydrogen-bond donors (Lipinski definition) is 1. The minimum atomic E-state index is 0.584. The van der Waals surface area contributed by atoms with Crippen molar-refractivity contribution in [2.45, 2.75) is 26.2 Å². The summed E-state index contributed by atoms with van der Waals surface area (Å²) in [5, 5.41) is 0. The molecule has 1 saturated carbocycles. The van der Waals surface area contributed by atoms with Crippen molar-refractivity contribution in [3.8, 4) is 0 Å². The smallest absolute Gasteiger partial charge is 0.136 e. The van der Waals surface area contributed by atoms with Crippen molar-refractivity contribution in [3.05, 3.63) is 11.9 Å². The third kappa shape index (κ3) is 2.03. The standard InChI is InChI=1S/C11H18N4/c1-8-10(12)13-7-14-11(8)15(2)6-9-4-3-5-9/h7,9H,3-6H2,1-2H3,(H2,12,13,14). The van der Waals surface area contributed by atoms with Crippen LogP contribution in [0.15, 0.2) is 6.33 Å². The molecule has 0 saturated heterocycles. The lowest BCUT2D eigenvalue weighted by molar-refractivity contribution is 0.321. The first-order chi connectivity index (χ1) is 7.18. The van der Waals surface area contributed by atoms with E-state index in [0.717, 1.165) is 23.8 Å². The molecule has 15 heavy (non-hydrogen) atoms. The molecule has 1 fully saturated rings. The average molecular weight is 206 g/mol. The van der Waals surface area contributed by atoms with Crippen molar-refractivity contribution < 1.29 is 0 Å². The second kappa shape index (κ2) is 4.04. The van der Waals surface area contributed by atoms with Crippen LogP contribution in [0.3, 0.4) is 0 Å². The highest BCUT2D eigenvalue weighted by Crippen LogP contribution is 2.29. The summed E-state index contributed by atoms with van der Waals surface area (Å²) < 4.78 is 0. The number of aromatic nitrogens is 2. The van der Waals surface area contributed by atoms with E-state index in [4.69, 9.17) is 5.73 Å². The van der Waals surface area contributed by atoms with Crippen molar-refractivity contribution in [3.63, 3.8) is 0 Å². The third-order valence-corrected chi connectivity index (χ3v) is 3.21. The van der Waals surface area contributed by atoms with Gasteiger partial charge in [0.2, 0.25) is 0 Å². The van der Waals surface area contributed by atoms with Gasteiger partial charge in [-0.15, -0.1) is 0 Å². The monoisotopic (exact) mass is 206 g/mol. The lowest BCUT2D eigenvalue weighted by Gasteiger charge is -2.31. The summed E-state index contributed by atoms with van der Waals surface area (Å²) >= 11 is 0. The topological polar surface area (TPSA) is 55.0 Å². The maximum absolute atomic E-state index is 5.76. The van der Waals surface area contributed by atoms with Crippen LogP contribution in [0.2, 0.25) is 0 Å². The molecule has 1 aliphatic carbocycles. The van der Waals surface area contributed by atoms with Crippen molar-refractivity contribution in [2.75, 3.05) is 24.2 Å². The average Bonchev–Trinajstić information content (AvgIpc) is 2.15. The number of rotatable bonds is 3. The molecule has 1 aromatic heterocycles. The quantitative estimate of drug-likeness (QED) is 0.816. The molecule has 2 rings (SSSR count). The fourth-order valence-electron chi connectivity index (χ4n) is 1.99. The molecule has 0 unspecified atom stereocenters. The Labute approximate surface area is 90.5 Å². The number of nitrogens with two attached hydrogens (primary N) is 1. The summed E-state index contributed by atoms with van der Waals surface area (Å²) in [4.78, 5) is 10.5. The van der Waals surface area contributed by atoms with Gasteiger partial charge in [-0.3, -0.25) is 0 Å². The Morgan fingerprint density at radius 2 is 2.20 bits per heavy atom. The van der Waals surface area contributed by atoms with Gasteiger partial charge in [-0.05, 0) is 25.7 Å². The first kappa shape index (κ1) is 10.2. The summed E-state index contributed by atoms with van der Waals surface area (Å²) in [6.07, 6.45) is 5.62. The molecular formula is C11H18N4. The van der Waals surface area contributed by atoms with E-state index >= 15 is 0 Å². The van der Waals surface area contributed by atoms with Gasteiger partial charge in [0.1, 0.15) is 18.0 Å². The van der Waals surface area contributed by atoms with E-state index in [1.165, 1.54) is 25.6 Å². The van der Waals surface area contributed by atoms with Crippen LogP contribution >= 0.6 is 0 Å². The van der Waals surface area contributed by atoms with Gasteiger partial charge in [0.15, 0.2) is 0 Å². The van der Waals surface area contributed by atoms with E-state index in [1.807, 2.05) is 6.92 Å². The molecule has 4 nitrogen and oxygen atoms in total. The first-order valence-corrected chi connectivity index (χ1v) is 5.46. The lowest BCUT2D eigenvalue weighted by Crippen LogP contribution is -2.30. The van der Waals surface area contributed by atoms with Gasteiger partial charge in [0, 0.05) is 19.2 Å². The van der Waals surface area contributed by atoms with E-state index in [1.54, 1.807) is 0 Å². The van der Waals surface area contributed by atoms with E-state index in [9.17, 15) is 0 Å². The lowest BCUT2D eigenvalue weighted by atomic mass is 9.85. The van der Waals surface area contributed by atoms with Crippen LogP contribution in [0.25, 0.3) is 0 Å². The Morgan fingerprint density at radius 3 is 2.80 bits per heavy atom. The molecule has 0 aromatic carbocycles. The van der Waals surface area contributed by atoms with Crippen LogP contribution < -0.4 is 10.6 Å². The molecule has 1 aromatic rings. The maximum Gasteiger partial charge on any atom is 0.136 e. The van der Waals surface area contributed by atoms with Gasteiger partial charge in [-0.2, -0.15) is 0 Å². The number of nitrogens with zero attached hydrogens (tertiary/aromatic N) is 3. The fraction of sp³-hybridized carbons (Fsp3) is 0.636. The third-order valence-electron chi connectivity index (χ3n) is 3.21. The van der Waals surface area contributed by atoms with Crippen LogP contribution in [-0.4, -0.2) is 23.6 Å². The summed E-state index contributed by atoms with van der Waals surface area (Å²) in [7, 11) is 2.08. The summed E-state index contributed by atoms with van der Waals surface area (Å²) in [5.74, 6) is 2.39.